The summed E-state index contributed by atoms with van der Waals surface area (Å²) in [7, 11) is 0. The van der Waals surface area contributed by atoms with Gasteiger partial charge in [-0.2, -0.15) is 0 Å². The first-order chi connectivity index (χ1) is 15.4. The Labute approximate surface area is 195 Å². The maximum Gasteiger partial charge on any atom is 0.329 e. The number of phenols is 2. The van der Waals surface area contributed by atoms with Crippen LogP contribution in [0.3, 0.4) is 0 Å². The van der Waals surface area contributed by atoms with Crippen molar-refractivity contribution in [2.45, 2.75) is 84.4 Å². The van der Waals surface area contributed by atoms with E-state index in [1.165, 1.54) is 17.0 Å². The molecule has 4 unspecified atom stereocenters. The second-order valence-corrected chi connectivity index (χ2v) is 10.1. The molecule has 0 bridgehead atoms. The number of carbonyl (C=O) groups is 3. The van der Waals surface area contributed by atoms with E-state index in [0.717, 1.165) is 25.3 Å². The van der Waals surface area contributed by atoms with E-state index in [1.54, 1.807) is 6.92 Å². The molecular formula is C25H36N2O6. The quantitative estimate of drug-likeness (QED) is 0.443. The first-order valence-corrected chi connectivity index (χ1v) is 11.8. The van der Waals surface area contributed by atoms with Crippen LogP contribution in [0, 0.1) is 11.3 Å². The number of esters is 1. The van der Waals surface area contributed by atoms with Crippen LogP contribution in [0.5, 0.6) is 11.5 Å². The third kappa shape index (κ3) is 4.66. The second kappa shape index (κ2) is 9.23. The largest absolute Gasteiger partial charge is 0.504 e. The SMILES string of the molecule is CCC1CCC(C)(OC(=O)C2CCCN2C(=O)C(C)NC(=O)c2ccc(O)c(O)c2)C1(C)C. The van der Waals surface area contributed by atoms with E-state index in [9.17, 15) is 24.6 Å². The van der Waals surface area contributed by atoms with E-state index in [-0.39, 0.29) is 28.6 Å². The Bertz CT molecular complexity index is 929. The zero-order valence-electron chi connectivity index (χ0n) is 20.2. The molecule has 3 rings (SSSR count). The second-order valence-electron chi connectivity index (χ2n) is 10.1. The molecule has 1 aliphatic heterocycles. The predicted octanol–water partition coefficient (Wildman–Crippen LogP) is 3.36. The minimum Gasteiger partial charge on any atom is -0.504 e. The molecule has 4 atom stereocenters. The van der Waals surface area contributed by atoms with Crippen molar-refractivity contribution in [1.82, 2.24) is 10.2 Å². The van der Waals surface area contributed by atoms with E-state index in [2.05, 4.69) is 26.1 Å². The highest BCUT2D eigenvalue weighted by Gasteiger charge is 2.54. The third-order valence-corrected chi connectivity index (χ3v) is 7.94. The summed E-state index contributed by atoms with van der Waals surface area (Å²) in [6, 6.07) is 2.15. The molecule has 8 nitrogen and oxygen atoms in total. The Balaban J connectivity index is 1.66. The Morgan fingerprint density at radius 1 is 1.18 bits per heavy atom. The number of nitrogens with one attached hydrogen (secondary N) is 1. The van der Waals surface area contributed by atoms with Gasteiger partial charge >= 0.3 is 5.97 Å². The summed E-state index contributed by atoms with van der Waals surface area (Å²) in [5, 5.41) is 21.6. The maximum atomic E-state index is 13.2. The molecule has 182 valence electrons. The standard InChI is InChI=1S/C25H36N2O6/c1-6-17-11-12-25(5,24(17,3)4)33-23(32)18-8-7-13-27(18)22(31)15(2)26-21(30)16-9-10-19(28)20(29)14-16/h9-10,14-15,17-18,28-29H,6-8,11-13H2,1-5H3,(H,26,30). The lowest BCUT2D eigenvalue weighted by molar-refractivity contribution is -0.176. The Morgan fingerprint density at radius 3 is 2.48 bits per heavy atom. The zero-order chi connectivity index (χ0) is 24.6. The molecule has 0 radical (unpaired) electrons. The van der Waals surface area contributed by atoms with Gasteiger partial charge in [0.1, 0.15) is 17.7 Å². The van der Waals surface area contributed by atoms with Crippen molar-refractivity contribution < 1.29 is 29.3 Å². The summed E-state index contributed by atoms with van der Waals surface area (Å²) in [5.74, 6) is -1.57. The van der Waals surface area contributed by atoms with Gasteiger partial charge in [-0.1, -0.05) is 27.2 Å². The van der Waals surface area contributed by atoms with Crippen LogP contribution in [0.4, 0.5) is 0 Å². The number of likely N-dealkylation sites (tertiary alicyclic amines) is 1. The molecule has 8 heteroatoms. The molecule has 2 fully saturated rings. The highest BCUT2D eigenvalue weighted by molar-refractivity contribution is 5.98. The van der Waals surface area contributed by atoms with Crippen molar-refractivity contribution in [1.29, 1.82) is 0 Å². The predicted molar refractivity (Wildman–Crippen MR) is 123 cm³/mol. The topological polar surface area (TPSA) is 116 Å². The van der Waals surface area contributed by atoms with Gasteiger partial charge in [-0.15, -0.1) is 0 Å². The summed E-state index contributed by atoms with van der Waals surface area (Å²) >= 11 is 0. The van der Waals surface area contributed by atoms with E-state index in [1.807, 2.05) is 6.92 Å². The minimum absolute atomic E-state index is 0.115. The van der Waals surface area contributed by atoms with Crippen LogP contribution >= 0.6 is 0 Å². The number of phenolic OH excluding ortho intramolecular Hbond substituents is 2. The van der Waals surface area contributed by atoms with Crippen LogP contribution in [0.15, 0.2) is 18.2 Å². The maximum absolute atomic E-state index is 13.2. The van der Waals surface area contributed by atoms with Gasteiger partial charge in [-0.3, -0.25) is 9.59 Å². The lowest BCUT2D eigenvalue weighted by Gasteiger charge is -2.42. The number of carbonyl (C=O) groups excluding carboxylic acids is 3. The fourth-order valence-corrected chi connectivity index (χ4v) is 5.28. The van der Waals surface area contributed by atoms with Gasteiger partial charge in [-0.25, -0.2) is 4.79 Å². The Kier molecular flexibility index (Phi) is 6.96. The molecule has 0 spiro atoms. The number of hydrogen-bond donors (Lipinski definition) is 3. The first kappa shape index (κ1) is 24.9. The normalized spacial score (nSPS) is 27.2. The molecule has 2 aliphatic rings. The van der Waals surface area contributed by atoms with Gasteiger partial charge in [0, 0.05) is 17.5 Å². The lowest BCUT2D eigenvalue weighted by atomic mass is 9.72. The van der Waals surface area contributed by atoms with E-state index in [0.29, 0.717) is 25.3 Å². The average molecular weight is 461 g/mol. The van der Waals surface area contributed by atoms with Gasteiger partial charge in [0.05, 0.1) is 0 Å². The van der Waals surface area contributed by atoms with Gasteiger partial charge in [0.2, 0.25) is 5.91 Å². The average Bonchev–Trinajstić information content (AvgIpc) is 3.32. The van der Waals surface area contributed by atoms with E-state index in [4.69, 9.17) is 4.74 Å². The molecule has 1 saturated carbocycles. The van der Waals surface area contributed by atoms with Gasteiger partial charge < -0.3 is 25.2 Å². The fourth-order valence-electron chi connectivity index (χ4n) is 5.28. The van der Waals surface area contributed by atoms with Crippen LogP contribution < -0.4 is 5.32 Å². The molecule has 1 aliphatic carbocycles. The highest BCUT2D eigenvalue weighted by atomic mass is 16.6. The molecule has 33 heavy (non-hydrogen) atoms. The molecule has 3 N–H and O–H groups in total. The van der Waals surface area contributed by atoms with Crippen molar-refractivity contribution in [2.24, 2.45) is 11.3 Å². The summed E-state index contributed by atoms with van der Waals surface area (Å²) in [5.41, 5.74) is -0.617. The summed E-state index contributed by atoms with van der Waals surface area (Å²) in [6.45, 7) is 10.4. The minimum atomic E-state index is -0.871. The van der Waals surface area contributed by atoms with Gasteiger partial charge in [-0.05, 0) is 63.6 Å². The monoisotopic (exact) mass is 460 g/mol. The molecule has 1 aromatic carbocycles. The fraction of sp³-hybridized carbons (Fsp3) is 0.640. The van der Waals surface area contributed by atoms with Crippen molar-refractivity contribution >= 4 is 17.8 Å². The van der Waals surface area contributed by atoms with E-state index >= 15 is 0 Å². The molecule has 1 aromatic rings. The van der Waals surface area contributed by atoms with Crippen molar-refractivity contribution in [3.05, 3.63) is 23.8 Å². The number of rotatable bonds is 6. The number of amides is 2. The Hall–Kier alpha value is -2.77. The summed E-state index contributed by atoms with van der Waals surface area (Å²) < 4.78 is 6.09. The number of nitrogens with zero attached hydrogens (tertiary/aromatic N) is 1. The van der Waals surface area contributed by atoms with Crippen LogP contribution in [0.2, 0.25) is 0 Å². The molecular weight excluding hydrogens is 424 g/mol. The number of hydrogen-bond acceptors (Lipinski definition) is 6. The number of benzene rings is 1. The summed E-state index contributed by atoms with van der Waals surface area (Å²) in [4.78, 5) is 40.3. The lowest BCUT2D eigenvalue weighted by Crippen LogP contribution is -2.53. The molecule has 1 heterocycles. The van der Waals surface area contributed by atoms with Crippen LogP contribution in [-0.2, 0) is 14.3 Å². The van der Waals surface area contributed by atoms with Crippen molar-refractivity contribution in [3.63, 3.8) is 0 Å². The highest BCUT2D eigenvalue weighted by Crippen LogP contribution is 2.53. The number of aromatic hydroxyl groups is 2. The van der Waals surface area contributed by atoms with E-state index < -0.39 is 29.3 Å². The smallest absolute Gasteiger partial charge is 0.329 e. The molecule has 0 aromatic heterocycles. The number of ether oxygens (including phenoxy) is 1. The Morgan fingerprint density at radius 2 is 1.88 bits per heavy atom. The summed E-state index contributed by atoms with van der Waals surface area (Å²) in [6.07, 6.45) is 4.07. The third-order valence-electron chi connectivity index (χ3n) is 7.94. The van der Waals surface area contributed by atoms with Crippen LogP contribution in [-0.4, -0.2) is 57.1 Å². The van der Waals surface area contributed by atoms with Crippen LogP contribution in [0.1, 0.15) is 77.1 Å². The molecule has 1 saturated heterocycles. The van der Waals surface area contributed by atoms with Gasteiger partial charge in [0.15, 0.2) is 11.5 Å². The van der Waals surface area contributed by atoms with Gasteiger partial charge in [0.25, 0.3) is 5.91 Å². The van der Waals surface area contributed by atoms with Crippen molar-refractivity contribution in [3.8, 4) is 11.5 Å². The van der Waals surface area contributed by atoms with Crippen LogP contribution in [0.25, 0.3) is 0 Å². The first-order valence-electron chi connectivity index (χ1n) is 11.8. The molecule has 2 amide bonds. The van der Waals surface area contributed by atoms with Crippen molar-refractivity contribution in [2.75, 3.05) is 6.54 Å². The zero-order valence-corrected chi connectivity index (χ0v) is 20.2.